The summed E-state index contributed by atoms with van der Waals surface area (Å²) in [6.45, 7) is 3.28. The molecule has 2 rings (SSSR count). The summed E-state index contributed by atoms with van der Waals surface area (Å²) in [5, 5.41) is 15.3. The predicted molar refractivity (Wildman–Crippen MR) is 72.5 cm³/mol. The maximum atomic E-state index is 11.8. The molecule has 3 N–H and O–H groups in total. The minimum absolute atomic E-state index is 0.110. The molecule has 2 heterocycles. The third-order valence-corrected chi connectivity index (χ3v) is 3.72. The second-order valence-corrected chi connectivity index (χ2v) is 5.24. The molecule has 8 heteroatoms. The second-order valence-electron chi connectivity index (χ2n) is 4.32. The highest BCUT2D eigenvalue weighted by Crippen LogP contribution is 2.22. The van der Waals surface area contributed by atoms with Gasteiger partial charge in [-0.25, -0.2) is 14.6 Å². The summed E-state index contributed by atoms with van der Waals surface area (Å²) in [5.74, 6) is -1.05. The molecule has 1 saturated heterocycles. The van der Waals surface area contributed by atoms with Crippen LogP contribution in [0.3, 0.4) is 0 Å². The number of carboxylic acid groups (broad SMARTS) is 1. The van der Waals surface area contributed by atoms with Crippen LogP contribution >= 0.6 is 11.3 Å². The number of aromatic carboxylic acids is 1. The zero-order chi connectivity index (χ0) is 13.8. The van der Waals surface area contributed by atoms with E-state index in [2.05, 4.69) is 15.6 Å². The molecule has 0 unspecified atom stereocenters. The Hall–Kier alpha value is -1.64. The van der Waals surface area contributed by atoms with E-state index >= 15 is 0 Å². The normalized spacial score (nSPS) is 17.1. The SMILES string of the molecule is CN1CCN(NC(=O)Nc2sccc2C(=O)O)CC1. The highest BCUT2D eigenvalue weighted by molar-refractivity contribution is 7.14. The molecule has 0 bridgehead atoms. The lowest BCUT2D eigenvalue weighted by Gasteiger charge is -2.32. The summed E-state index contributed by atoms with van der Waals surface area (Å²) >= 11 is 1.19. The van der Waals surface area contributed by atoms with Crippen molar-refractivity contribution in [3.8, 4) is 0 Å². The number of hydrogen-bond donors (Lipinski definition) is 3. The van der Waals surface area contributed by atoms with E-state index in [1.54, 1.807) is 5.38 Å². The fourth-order valence-electron chi connectivity index (χ4n) is 1.77. The van der Waals surface area contributed by atoms with Crippen LogP contribution in [0.25, 0.3) is 0 Å². The van der Waals surface area contributed by atoms with Crippen LogP contribution in [0.1, 0.15) is 10.4 Å². The first-order valence-electron chi connectivity index (χ1n) is 5.88. The molecule has 1 fully saturated rings. The van der Waals surface area contributed by atoms with E-state index < -0.39 is 12.0 Å². The van der Waals surface area contributed by atoms with Crippen LogP contribution in [0.4, 0.5) is 9.80 Å². The predicted octanol–water partition coefficient (Wildman–Crippen LogP) is 0.730. The van der Waals surface area contributed by atoms with E-state index in [0.29, 0.717) is 5.00 Å². The summed E-state index contributed by atoms with van der Waals surface area (Å²) in [4.78, 5) is 24.9. The van der Waals surface area contributed by atoms with Gasteiger partial charge in [0.15, 0.2) is 0 Å². The Balaban J connectivity index is 1.87. The van der Waals surface area contributed by atoms with E-state index in [1.165, 1.54) is 17.4 Å². The van der Waals surface area contributed by atoms with Gasteiger partial charge in [-0.2, -0.15) is 0 Å². The largest absolute Gasteiger partial charge is 0.478 e. The Morgan fingerprint density at radius 1 is 1.32 bits per heavy atom. The number of nitrogens with one attached hydrogen (secondary N) is 2. The number of likely N-dealkylation sites (N-methyl/N-ethyl adjacent to an activating group) is 1. The molecular weight excluding hydrogens is 268 g/mol. The summed E-state index contributed by atoms with van der Waals surface area (Å²) < 4.78 is 0. The van der Waals surface area contributed by atoms with Crippen LogP contribution in [-0.4, -0.2) is 60.2 Å². The highest BCUT2D eigenvalue weighted by Gasteiger charge is 2.18. The van der Waals surface area contributed by atoms with Crippen molar-refractivity contribution in [1.29, 1.82) is 0 Å². The van der Waals surface area contributed by atoms with Crippen molar-refractivity contribution in [2.24, 2.45) is 0 Å². The van der Waals surface area contributed by atoms with E-state index in [1.807, 2.05) is 12.1 Å². The maximum Gasteiger partial charge on any atom is 0.338 e. The highest BCUT2D eigenvalue weighted by atomic mass is 32.1. The fourth-order valence-corrected chi connectivity index (χ4v) is 2.54. The van der Waals surface area contributed by atoms with E-state index in [-0.39, 0.29) is 5.56 Å². The zero-order valence-electron chi connectivity index (χ0n) is 10.5. The number of nitrogens with zero attached hydrogens (tertiary/aromatic N) is 2. The number of urea groups is 1. The molecule has 1 aromatic heterocycles. The van der Waals surface area contributed by atoms with Gasteiger partial charge >= 0.3 is 12.0 Å². The minimum atomic E-state index is -1.05. The molecule has 1 aliphatic rings. The lowest BCUT2D eigenvalue weighted by atomic mass is 10.3. The van der Waals surface area contributed by atoms with E-state index in [0.717, 1.165) is 26.2 Å². The average Bonchev–Trinajstić information content (AvgIpc) is 2.80. The summed E-state index contributed by atoms with van der Waals surface area (Å²) in [5.41, 5.74) is 2.82. The van der Waals surface area contributed by atoms with Gasteiger partial charge in [0.1, 0.15) is 5.00 Å². The monoisotopic (exact) mass is 284 g/mol. The number of rotatable bonds is 3. The van der Waals surface area contributed by atoms with Crippen LogP contribution in [0.15, 0.2) is 11.4 Å². The number of carbonyl (C=O) groups excluding carboxylic acids is 1. The Labute approximate surface area is 114 Å². The van der Waals surface area contributed by atoms with E-state index in [4.69, 9.17) is 5.11 Å². The summed E-state index contributed by atoms with van der Waals surface area (Å²) in [6.07, 6.45) is 0. The molecule has 0 spiro atoms. The van der Waals surface area contributed by atoms with Gasteiger partial charge < -0.3 is 10.0 Å². The molecule has 1 aromatic rings. The number of carboxylic acids is 1. The average molecular weight is 284 g/mol. The van der Waals surface area contributed by atoms with E-state index in [9.17, 15) is 9.59 Å². The Morgan fingerprint density at radius 3 is 2.63 bits per heavy atom. The molecule has 0 radical (unpaired) electrons. The van der Waals surface area contributed by atoms with Crippen molar-refractivity contribution in [2.75, 3.05) is 38.5 Å². The third-order valence-electron chi connectivity index (χ3n) is 2.89. The molecule has 2 amide bonds. The number of hydrazine groups is 1. The molecule has 0 aliphatic carbocycles. The molecule has 104 valence electrons. The van der Waals surface area contributed by atoms with Crippen molar-refractivity contribution in [2.45, 2.75) is 0 Å². The lowest BCUT2D eigenvalue weighted by Crippen LogP contribution is -2.53. The molecular formula is C11H16N4O3S. The van der Waals surface area contributed by atoms with Gasteiger partial charge in [-0.3, -0.25) is 10.7 Å². The van der Waals surface area contributed by atoms with Crippen LogP contribution in [0.2, 0.25) is 0 Å². The standard InChI is InChI=1S/C11H16N4O3S/c1-14-3-5-15(6-4-14)13-11(18)12-9-8(10(16)17)2-7-19-9/h2,7H,3-6H2,1H3,(H,16,17)(H2,12,13,18). The van der Waals surface area contributed by atoms with Gasteiger partial charge in [0.2, 0.25) is 0 Å². The maximum absolute atomic E-state index is 11.8. The molecule has 0 atom stereocenters. The number of thiophene rings is 1. The van der Waals surface area contributed by atoms with Gasteiger partial charge in [-0.1, -0.05) is 0 Å². The first kappa shape index (κ1) is 13.8. The van der Waals surface area contributed by atoms with Crippen LogP contribution in [0.5, 0.6) is 0 Å². The minimum Gasteiger partial charge on any atom is -0.478 e. The number of anilines is 1. The molecule has 0 saturated carbocycles. The van der Waals surface area contributed by atoms with Crippen LogP contribution < -0.4 is 10.7 Å². The third kappa shape index (κ3) is 3.66. The van der Waals surface area contributed by atoms with Gasteiger partial charge in [0.05, 0.1) is 5.56 Å². The van der Waals surface area contributed by atoms with Crippen molar-refractivity contribution in [1.82, 2.24) is 15.3 Å². The quantitative estimate of drug-likeness (QED) is 0.762. The zero-order valence-corrected chi connectivity index (χ0v) is 11.4. The Bertz CT molecular complexity index is 468. The first-order chi connectivity index (χ1) is 9.06. The lowest BCUT2D eigenvalue weighted by molar-refractivity contribution is 0.0698. The number of piperazine rings is 1. The molecule has 1 aliphatic heterocycles. The van der Waals surface area contributed by atoms with Crippen LogP contribution in [-0.2, 0) is 0 Å². The Kier molecular flexibility index (Phi) is 4.35. The summed E-state index contributed by atoms with van der Waals surface area (Å²) in [7, 11) is 2.03. The number of hydrogen-bond acceptors (Lipinski definition) is 5. The van der Waals surface area contributed by atoms with Crippen molar-refractivity contribution < 1.29 is 14.7 Å². The first-order valence-corrected chi connectivity index (χ1v) is 6.76. The summed E-state index contributed by atoms with van der Waals surface area (Å²) in [6, 6.07) is 1.06. The van der Waals surface area contributed by atoms with Gasteiger partial charge in [-0.15, -0.1) is 11.3 Å². The number of amides is 2. The molecule has 7 nitrogen and oxygen atoms in total. The van der Waals surface area contributed by atoms with Gasteiger partial charge in [0, 0.05) is 26.2 Å². The number of carbonyl (C=O) groups is 2. The van der Waals surface area contributed by atoms with Gasteiger partial charge in [-0.05, 0) is 18.5 Å². The van der Waals surface area contributed by atoms with Crippen molar-refractivity contribution in [3.05, 3.63) is 17.0 Å². The molecule has 0 aromatic carbocycles. The smallest absolute Gasteiger partial charge is 0.338 e. The molecule has 19 heavy (non-hydrogen) atoms. The Morgan fingerprint density at radius 2 is 2.00 bits per heavy atom. The second kappa shape index (κ2) is 6.00. The van der Waals surface area contributed by atoms with Crippen molar-refractivity contribution >= 4 is 28.3 Å². The van der Waals surface area contributed by atoms with Crippen molar-refractivity contribution in [3.63, 3.8) is 0 Å². The fraction of sp³-hybridized carbons (Fsp3) is 0.455. The van der Waals surface area contributed by atoms with Crippen LogP contribution in [0, 0.1) is 0 Å². The topological polar surface area (TPSA) is 84.9 Å². The van der Waals surface area contributed by atoms with Gasteiger partial charge in [0.25, 0.3) is 0 Å².